The third-order valence-corrected chi connectivity index (χ3v) is 4.84. The SMILES string of the molecule is O=C(NCCN1CC2CC(C1)CN(C(=O)O)C2)OCc1ccccc1. The number of hydrogen-bond acceptors (Lipinski definition) is 4. The van der Waals surface area contributed by atoms with Gasteiger partial charge in [-0.1, -0.05) is 30.3 Å². The lowest BCUT2D eigenvalue weighted by molar-refractivity contribution is 0.0338. The molecule has 7 nitrogen and oxygen atoms in total. The summed E-state index contributed by atoms with van der Waals surface area (Å²) < 4.78 is 5.19. The fourth-order valence-electron chi connectivity index (χ4n) is 3.82. The largest absolute Gasteiger partial charge is 0.465 e. The number of carboxylic acid groups (broad SMARTS) is 1. The molecule has 2 heterocycles. The van der Waals surface area contributed by atoms with Crippen molar-refractivity contribution >= 4 is 12.2 Å². The average molecular weight is 347 g/mol. The molecule has 0 aliphatic carbocycles. The van der Waals surface area contributed by atoms with Gasteiger partial charge in [-0.3, -0.25) is 0 Å². The number of carbonyl (C=O) groups is 2. The zero-order chi connectivity index (χ0) is 17.6. The third kappa shape index (κ3) is 5.09. The van der Waals surface area contributed by atoms with Crippen LogP contribution in [0.4, 0.5) is 9.59 Å². The van der Waals surface area contributed by atoms with E-state index in [1.54, 1.807) is 0 Å². The van der Waals surface area contributed by atoms with Crippen molar-refractivity contribution < 1.29 is 19.4 Å². The highest BCUT2D eigenvalue weighted by atomic mass is 16.5. The third-order valence-electron chi connectivity index (χ3n) is 4.84. The Hall–Kier alpha value is -2.28. The Morgan fingerprint density at radius 2 is 1.80 bits per heavy atom. The second-order valence-corrected chi connectivity index (χ2v) is 6.90. The molecule has 2 bridgehead atoms. The molecular formula is C18H25N3O4. The van der Waals surface area contributed by atoms with Gasteiger partial charge in [0.15, 0.2) is 0 Å². The predicted octanol–water partition coefficient (Wildman–Crippen LogP) is 1.84. The highest BCUT2D eigenvalue weighted by molar-refractivity contribution is 5.67. The van der Waals surface area contributed by atoms with Gasteiger partial charge >= 0.3 is 12.2 Å². The minimum Gasteiger partial charge on any atom is -0.465 e. The Balaban J connectivity index is 1.34. The number of ether oxygens (including phenoxy) is 1. The van der Waals surface area contributed by atoms with Crippen LogP contribution in [0.5, 0.6) is 0 Å². The van der Waals surface area contributed by atoms with Gasteiger partial charge in [-0.05, 0) is 23.8 Å². The Morgan fingerprint density at radius 3 is 2.44 bits per heavy atom. The second-order valence-electron chi connectivity index (χ2n) is 6.90. The number of nitrogens with zero attached hydrogens (tertiary/aromatic N) is 2. The van der Waals surface area contributed by atoms with Gasteiger partial charge < -0.3 is 25.0 Å². The summed E-state index contributed by atoms with van der Waals surface area (Å²) in [6.45, 7) is 4.59. The maximum absolute atomic E-state index is 11.7. The Bertz CT molecular complexity index is 581. The van der Waals surface area contributed by atoms with Gasteiger partial charge in [0.05, 0.1) is 0 Å². The Kier molecular flexibility index (Phi) is 5.75. The summed E-state index contributed by atoms with van der Waals surface area (Å²) in [5.74, 6) is 0.794. The van der Waals surface area contributed by atoms with E-state index in [4.69, 9.17) is 9.84 Å². The fraction of sp³-hybridized carbons (Fsp3) is 0.556. The molecule has 0 saturated carbocycles. The van der Waals surface area contributed by atoms with Crippen LogP contribution in [-0.2, 0) is 11.3 Å². The molecule has 1 aromatic rings. The van der Waals surface area contributed by atoms with Crippen molar-refractivity contribution in [3.05, 3.63) is 35.9 Å². The number of benzene rings is 1. The number of hydrogen-bond donors (Lipinski definition) is 2. The topological polar surface area (TPSA) is 82.1 Å². The molecule has 7 heteroatoms. The molecule has 2 aliphatic heterocycles. The minimum atomic E-state index is -0.814. The number of amides is 2. The molecule has 2 atom stereocenters. The van der Waals surface area contributed by atoms with Crippen LogP contribution in [0.2, 0.25) is 0 Å². The maximum atomic E-state index is 11.7. The van der Waals surface area contributed by atoms with Crippen LogP contribution in [0, 0.1) is 11.8 Å². The lowest BCUT2D eigenvalue weighted by atomic mass is 9.85. The molecule has 2 fully saturated rings. The summed E-state index contributed by atoms with van der Waals surface area (Å²) >= 11 is 0. The first kappa shape index (κ1) is 17.5. The van der Waals surface area contributed by atoms with Crippen molar-refractivity contribution in [2.45, 2.75) is 13.0 Å². The van der Waals surface area contributed by atoms with Crippen LogP contribution in [0.15, 0.2) is 30.3 Å². The van der Waals surface area contributed by atoms with Crippen LogP contribution in [-0.4, -0.2) is 66.4 Å². The summed E-state index contributed by atoms with van der Waals surface area (Å²) in [5, 5.41) is 11.9. The highest BCUT2D eigenvalue weighted by Crippen LogP contribution is 2.28. The van der Waals surface area contributed by atoms with Crippen molar-refractivity contribution in [1.82, 2.24) is 15.1 Å². The molecular weight excluding hydrogens is 322 g/mol. The summed E-state index contributed by atoms with van der Waals surface area (Å²) in [4.78, 5) is 26.7. The van der Waals surface area contributed by atoms with Crippen molar-refractivity contribution in [3.63, 3.8) is 0 Å². The predicted molar refractivity (Wildman–Crippen MR) is 92.3 cm³/mol. The van der Waals surface area contributed by atoms with E-state index in [-0.39, 0.29) is 6.61 Å². The Labute approximate surface area is 147 Å². The molecule has 136 valence electrons. The van der Waals surface area contributed by atoms with Gasteiger partial charge in [0.1, 0.15) is 6.61 Å². The molecule has 3 rings (SSSR count). The summed E-state index contributed by atoms with van der Waals surface area (Å²) in [6.07, 6.45) is -0.114. The van der Waals surface area contributed by atoms with E-state index in [1.165, 1.54) is 4.90 Å². The van der Waals surface area contributed by atoms with Crippen LogP contribution >= 0.6 is 0 Å². The molecule has 2 aliphatic rings. The number of nitrogens with one attached hydrogen (secondary N) is 1. The first-order valence-corrected chi connectivity index (χ1v) is 8.75. The quantitative estimate of drug-likeness (QED) is 0.849. The summed E-state index contributed by atoms with van der Waals surface area (Å²) in [6, 6.07) is 9.58. The smallest absolute Gasteiger partial charge is 0.407 e. The van der Waals surface area contributed by atoms with Crippen molar-refractivity contribution in [2.24, 2.45) is 11.8 Å². The van der Waals surface area contributed by atoms with Crippen LogP contribution < -0.4 is 5.32 Å². The van der Waals surface area contributed by atoms with E-state index in [2.05, 4.69) is 10.2 Å². The zero-order valence-corrected chi connectivity index (χ0v) is 14.3. The van der Waals surface area contributed by atoms with E-state index >= 15 is 0 Å². The average Bonchev–Trinajstić information content (AvgIpc) is 2.60. The molecule has 0 spiro atoms. The van der Waals surface area contributed by atoms with E-state index in [0.717, 1.165) is 31.6 Å². The van der Waals surface area contributed by atoms with Gasteiger partial charge in [0, 0.05) is 39.3 Å². The van der Waals surface area contributed by atoms with E-state index in [9.17, 15) is 9.59 Å². The van der Waals surface area contributed by atoms with E-state index in [1.807, 2.05) is 30.3 Å². The number of carbonyl (C=O) groups excluding carboxylic acids is 1. The van der Waals surface area contributed by atoms with Gasteiger partial charge in [-0.2, -0.15) is 0 Å². The minimum absolute atomic E-state index is 0.269. The standard InChI is InChI=1S/C18H25N3O4/c22-17(25-13-14-4-2-1-3-5-14)19-6-7-20-9-15-8-16(10-20)12-21(11-15)18(23)24/h1-5,15-16H,6-13H2,(H,19,22)(H,23,24). The van der Waals surface area contributed by atoms with Crippen molar-refractivity contribution in [3.8, 4) is 0 Å². The first-order chi connectivity index (χ1) is 12.1. The molecule has 2 amide bonds. The molecule has 1 aromatic carbocycles. The molecule has 2 saturated heterocycles. The van der Waals surface area contributed by atoms with Gasteiger partial charge in [-0.15, -0.1) is 0 Å². The number of alkyl carbamates (subject to hydrolysis) is 1. The molecule has 2 N–H and O–H groups in total. The normalized spacial score (nSPS) is 23.1. The highest BCUT2D eigenvalue weighted by Gasteiger charge is 2.35. The second kappa shape index (κ2) is 8.20. The maximum Gasteiger partial charge on any atom is 0.407 e. The van der Waals surface area contributed by atoms with Crippen molar-refractivity contribution in [2.75, 3.05) is 39.3 Å². The summed E-state index contributed by atoms with van der Waals surface area (Å²) in [7, 11) is 0. The summed E-state index contributed by atoms with van der Waals surface area (Å²) in [5.41, 5.74) is 0.962. The first-order valence-electron chi connectivity index (χ1n) is 8.75. The van der Waals surface area contributed by atoms with Gasteiger partial charge in [0.2, 0.25) is 0 Å². The number of piperidine rings is 2. The fourth-order valence-corrected chi connectivity index (χ4v) is 3.82. The number of likely N-dealkylation sites (tertiary alicyclic amines) is 2. The van der Waals surface area contributed by atoms with Crippen LogP contribution in [0.25, 0.3) is 0 Å². The van der Waals surface area contributed by atoms with E-state index in [0.29, 0.717) is 31.5 Å². The monoisotopic (exact) mass is 347 g/mol. The van der Waals surface area contributed by atoms with E-state index < -0.39 is 12.2 Å². The molecule has 0 aromatic heterocycles. The zero-order valence-electron chi connectivity index (χ0n) is 14.3. The lowest BCUT2D eigenvalue weighted by Crippen LogP contribution is -2.54. The Morgan fingerprint density at radius 1 is 1.12 bits per heavy atom. The lowest BCUT2D eigenvalue weighted by Gasteiger charge is -2.45. The van der Waals surface area contributed by atoms with Crippen molar-refractivity contribution in [1.29, 1.82) is 0 Å². The molecule has 0 radical (unpaired) electrons. The molecule has 25 heavy (non-hydrogen) atoms. The molecule has 2 unspecified atom stereocenters. The van der Waals surface area contributed by atoms with Gasteiger partial charge in [-0.25, -0.2) is 9.59 Å². The number of rotatable bonds is 5. The van der Waals surface area contributed by atoms with Crippen LogP contribution in [0.3, 0.4) is 0 Å². The van der Waals surface area contributed by atoms with Gasteiger partial charge in [0.25, 0.3) is 0 Å². The number of fused-ring (bicyclic) bond motifs is 2. The van der Waals surface area contributed by atoms with Crippen LogP contribution in [0.1, 0.15) is 12.0 Å².